The van der Waals surface area contributed by atoms with Gasteiger partial charge in [0, 0.05) is 13.2 Å². The largest absolute Gasteiger partial charge is 0.383 e. The van der Waals surface area contributed by atoms with Crippen molar-refractivity contribution in [3.05, 3.63) is 34.2 Å². The zero-order valence-electron chi connectivity index (χ0n) is 10.6. The van der Waals surface area contributed by atoms with Gasteiger partial charge in [0.25, 0.3) is 5.56 Å². The first-order valence-corrected chi connectivity index (χ1v) is 6.13. The first kappa shape index (κ1) is 14.7. The molecule has 1 unspecified atom stereocenters. The Morgan fingerprint density at radius 1 is 1.72 bits per heavy atom. The Labute approximate surface area is 111 Å². The number of nitrogens with zero attached hydrogens (tertiary/aromatic N) is 2. The van der Waals surface area contributed by atoms with Gasteiger partial charge in [-0.1, -0.05) is 24.6 Å². The fraction of sp³-hybridized carbons (Fsp3) is 0.500. The van der Waals surface area contributed by atoms with Crippen molar-refractivity contribution in [1.29, 1.82) is 0 Å². The number of halogens is 1. The van der Waals surface area contributed by atoms with Crippen molar-refractivity contribution in [2.24, 2.45) is 0 Å². The SMILES string of the molecule is C=CCn1ncc(NC(CC)COC)c(Cl)c1=O. The Morgan fingerprint density at radius 3 is 3.00 bits per heavy atom. The second-order valence-electron chi connectivity index (χ2n) is 3.85. The van der Waals surface area contributed by atoms with Crippen LogP contribution in [0.15, 0.2) is 23.6 Å². The molecule has 0 amide bonds. The average molecular weight is 272 g/mol. The second kappa shape index (κ2) is 7.18. The lowest BCUT2D eigenvalue weighted by Gasteiger charge is -2.18. The molecule has 0 fully saturated rings. The predicted octanol–water partition coefficient (Wildman–Crippen LogP) is 1.92. The van der Waals surface area contributed by atoms with Crippen molar-refractivity contribution in [2.75, 3.05) is 19.0 Å². The van der Waals surface area contributed by atoms with Gasteiger partial charge in [-0.3, -0.25) is 4.79 Å². The van der Waals surface area contributed by atoms with Crippen molar-refractivity contribution >= 4 is 17.3 Å². The van der Waals surface area contributed by atoms with Gasteiger partial charge in [0.1, 0.15) is 5.02 Å². The minimum absolute atomic E-state index is 0.101. The van der Waals surface area contributed by atoms with Gasteiger partial charge in [-0.2, -0.15) is 5.10 Å². The van der Waals surface area contributed by atoms with Crippen LogP contribution in [0.4, 0.5) is 5.69 Å². The van der Waals surface area contributed by atoms with E-state index >= 15 is 0 Å². The maximum atomic E-state index is 11.9. The first-order chi connectivity index (χ1) is 8.63. The number of allylic oxidation sites excluding steroid dienone is 1. The fourth-order valence-corrected chi connectivity index (χ4v) is 1.70. The molecule has 0 aliphatic carbocycles. The molecule has 0 saturated heterocycles. The Morgan fingerprint density at radius 2 is 2.44 bits per heavy atom. The molecule has 1 aromatic rings. The number of ether oxygens (including phenoxy) is 1. The number of anilines is 1. The third-order valence-electron chi connectivity index (χ3n) is 2.51. The summed E-state index contributed by atoms with van der Waals surface area (Å²) in [5.74, 6) is 0. The van der Waals surface area contributed by atoms with E-state index in [4.69, 9.17) is 16.3 Å². The minimum Gasteiger partial charge on any atom is -0.383 e. The molecule has 5 nitrogen and oxygen atoms in total. The summed E-state index contributed by atoms with van der Waals surface area (Å²) in [6.45, 7) is 6.47. The molecule has 18 heavy (non-hydrogen) atoms. The van der Waals surface area contributed by atoms with Crippen molar-refractivity contribution in [1.82, 2.24) is 9.78 Å². The van der Waals surface area contributed by atoms with Crippen molar-refractivity contribution in [3.63, 3.8) is 0 Å². The van der Waals surface area contributed by atoms with Gasteiger partial charge in [0.15, 0.2) is 0 Å². The van der Waals surface area contributed by atoms with Crippen molar-refractivity contribution in [3.8, 4) is 0 Å². The Hall–Kier alpha value is -1.33. The summed E-state index contributed by atoms with van der Waals surface area (Å²) >= 11 is 6.02. The van der Waals surface area contributed by atoms with Crippen LogP contribution in [-0.2, 0) is 11.3 Å². The minimum atomic E-state index is -0.325. The van der Waals surface area contributed by atoms with Gasteiger partial charge in [-0.25, -0.2) is 4.68 Å². The molecule has 1 N–H and O–H groups in total. The number of aromatic nitrogens is 2. The maximum Gasteiger partial charge on any atom is 0.287 e. The normalized spacial score (nSPS) is 12.2. The van der Waals surface area contributed by atoms with E-state index in [2.05, 4.69) is 17.0 Å². The van der Waals surface area contributed by atoms with Crippen LogP contribution in [0.2, 0.25) is 5.02 Å². The number of hydrogen-bond donors (Lipinski definition) is 1. The van der Waals surface area contributed by atoms with Crippen LogP contribution < -0.4 is 10.9 Å². The zero-order valence-corrected chi connectivity index (χ0v) is 11.4. The molecule has 1 rings (SSSR count). The molecular weight excluding hydrogens is 254 g/mol. The molecule has 0 aliphatic heterocycles. The quantitative estimate of drug-likeness (QED) is 0.770. The van der Waals surface area contributed by atoms with E-state index in [0.29, 0.717) is 18.8 Å². The molecule has 0 aromatic carbocycles. The van der Waals surface area contributed by atoms with Crippen LogP contribution in [-0.4, -0.2) is 29.5 Å². The molecular formula is C12H18ClN3O2. The van der Waals surface area contributed by atoms with E-state index in [0.717, 1.165) is 6.42 Å². The third-order valence-corrected chi connectivity index (χ3v) is 2.87. The summed E-state index contributed by atoms with van der Waals surface area (Å²) in [7, 11) is 1.63. The zero-order chi connectivity index (χ0) is 13.5. The molecule has 0 aliphatic rings. The average Bonchev–Trinajstić information content (AvgIpc) is 2.37. The van der Waals surface area contributed by atoms with Crippen LogP contribution >= 0.6 is 11.6 Å². The van der Waals surface area contributed by atoms with Crippen molar-refractivity contribution < 1.29 is 4.74 Å². The summed E-state index contributed by atoms with van der Waals surface area (Å²) in [5.41, 5.74) is 0.208. The van der Waals surface area contributed by atoms with Gasteiger partial charge in [0.2, 0.25) is 0 Å². The molecule has 1 aromatic heterocycles. The van der Waals surface area contributed by atoms with Gasteiger partial charge >= 0.3 is 0 Å². The van der Waals surface area contributed by atoms with E-state index in [1.54, 1.807) is 19.4 Å². The fourth-order valence-electron chi connectivity index (χ4n) is 1.50. The summed E-state index contributed by atoms with van der Waals surface area (Å²) in [6.07, 6.45) is 4.00. The van der Waals surface area contributed by atoms with Crippen LogP contribution in [0.5, 0.6) is 0 Å². The van der Waals surface area contributed by atoms with Crippen LogP contribution in [0.3, 0.4) is 0 Å². The highest BCUT2D eigenvalue weighted by molar-refractivity contribution is 6.32. The van der Waals surface area contributed by atoms with E-state index in [-0.39, 0.29) is 16.6 Å². The highest BCUT2D eigenvalue weighted by Gasteiger charge is 2.12. The van der Waals surface area contributed by atoms with E-state index in [1.165, 1.54) is 4.68 Å². The standard InChI is InChI=1S/C12H18ClN3O2/c1-4-6-16-12(17)11(13)10(7-14-16)15-9(5-2)8-18-3/h4,7,9,15H,1,5-6,8H2,2-3H3. The molecule has 0 saturated carbocycles. The smallest absolute Gasteiger partial charge is 0.287 e. The van der Waals surface area contributed by atoms with Crippen LogP contribution in [0.25, 0.3) is 0 Å². The molecule has 1 atom stereocenters. The van der Waals surface area contributed by atoms with Gasteiger partial charge < -0.3 is 10.1 Å². The summed E-state index contributed by atoms with van der Waals surface area (Å²) < 4.78 is 6.34. The summed E-state index contributed by atoms with van der Waals surface area (Å²) in [5, 5.41) is 7.31. The van der Waals surface area contributed by atoms with Gasteiger partial charge in [-0.15, -0.1) is 6.58 Å². The van der Waals surface area contributed by atoms with E-state index < -0.39 is 0 Å². The second-order valence-corrected chi connectivity index (χ2v) is 4.23. The Bertz CT molecular complexity index is 459. The predicted molar refractivity (Wildman–Crippen MR) is 73.3 cm³/mol. The van der Waals surface area contributed by atoms with Crippen molar-refractivity contribution in [2.45, 2.75) is 25.9 Å². The number of nitrogens with one attached hydrogen (secondary N) is 1. The maximum absolute atomic E-state index is 11.9. The van der Waals surface area contributed by atoms with Gasteiger partial charge in [0.05, 0.1) is 25.0 Å². The Balaban J connectivity index is 2.94. The van der Waals surface area contributed by atoms with Crippen LogP contribution in [0, 0.1) is 0 Å². The highest BCUT2D eigenvalue weighted by Crippen LogP contribution is 2.17. The first-order valence-electron chi connectivity index (χ1n) is 5.76. The topological polar surface area (TPSA) is 56.1 Å². The monoisotopic (exact) mass is 271 g/mol. The lowest BCUT2D eigenvalue weighted by molar-refractivity contribution is 0.184. The van der Waals surface area contributed by atoms with E-state index in [1.807, 2.05) is 6.92 Å². The summed E-state index contributed by atoms with van der Waals surface area (Å²) in [6, 6.07) is 0.101. The lowest BCUT2D eigenvalue weighted by Crippen LogP contribution is -2.28. The summed E-state index contributed by atoms with van der Waals surface area (Å²) in [4.78, 5) is 11.9. The lowest BCUT2D eigenvalue weighted by atomic mass is 10.2. The number of hydrogen-bond acceptors (Lipinski definition) is 4. The molecule has 100 valence electrons. The number of methoxy groups -OCH3 is 1. The third kappa shape index (κ3) is 3.58. The highest BCUT2D eigenvalue weighted by atomic mass is 35.5. The molecule has 0 spiro atoms. The molecule has 0 bridgehead atoms. The van der Waals surface area contributed by atoms with Crippen LogP contribution in [0.1, 0.15) is 13.3 Å². The molecule has 0 radical (unpaired) electrons. The van der Waals surface area contributed by atoms with Gasteiger partial charge in [-0.05, 0) is 6.42 Å². The Kier molecular flexibility index (Phi) is 5.88. The molecule has 1 heterocycles. The number of rotatable bonds is 7. The van der Waals surface area contributed by atoms with E-state index in [9.17, 15) is 4.79 Å². The molecule has 6 heteroatoms.